The molecule has 5 rings (SSSR count). The number of fused-ring (bicyclic) bond motifs is 4. The third-order valence-corrected chi connectivity index (χ3v) is 8.45. The van der Waals surface area contributed by atoms with Crippen LogP contribution in [0.25, 0.3) is 0 Å². The van der Waals surface area contributed by atoms with E-state index in [2.05, 4.69) is 98.2 Å². The molecule has 3 aromatic carbocycles. The van der Waals surface area contributed by atoms with Gasteiger partial charge in [-0.3, -0.25) is 0 Å². The molecule has 4 heteroatoms. The summed E-state index contributed by atoms with van der Waals surface area (Å²) in [6, 6.07) is 21.9. The van der Waals surface area contributed by atoms with Crippen LogP contribution in [0.5, 0.6) is 0 Å². The second kappa shape index (κ2) is 12.1. The molecule has 0 aromatic heterocycles. The molecule has 2 heterocycles. The zero-order valence-electron chi connectivity index (χ0n) is 23.8. The van der Waals surface area contributed by atoms with Crippen LogP contribution in [0.15, 0.2) is 70.6 Å². The Morgan fingerprint density at radius 2 is 1.00 bits per heavy atom. The number of nitrogens with zero attached hydrogens (tertiary/aromatic N) is 4. The van der Waals surface area contributed by atoms with Gasteiger partial charge < -0.3 is 9.80 Å². The summed E-state index contributed by atoms with van der Waals surface area (Å²) in [5.74, 6) is 1.31. The van der Waals surface area contributed by atoms with Crippen LogP contribution in [0.2, 0.25) is 0 Å². The second-order valence-electron chi connectivity index (χ2n) is 11.1. The highest BCUT2D eigenvalue weighted by Gasteiger charge is 2.27. The number of hydrogen-bond donors (Lipinski definition) is 0. The molecule has 0 radical (unpaired) electrons. The minimum atomic E-state index is 0.656. The van der Waals surface area contributed by atoms with Crippen LogP contribution in [-0.4, -0.2) is 13.1 Å². The van der Waals surface area contributed by atoms with Gasteiger partial charge in [-0.1, -0.05) is 90.5 Å². The van der Waals surface area contributed by atoms with Crippen LogP contribution in [0, 0.1) is 11.8 Å². The van der Waals surface area contributed by atoms with Crippen molar-refractivity contribution in [3.8, 4) is 0 Å². The van der Waals surface area contributed by atoms with Gasteiger partial charge in [0.2, 0.25) is 0 Å². The zero-order chi connectivity index (χ0) is 26.5. The molecule has 2 aliphatic heterocycles. The van der Waals surface area contributed by atoms with E-state index in [1.807, 2.05) is 0 Å². The number of anilines is 4. The zero-order valence-corrected chi connectivity index (χ0v) is 23.8. The lowest BCUT2D eigenvalue weighted by Crippen LogP contribution is -2.36. The lowest BCUT2D eigenvalue weighted by Gasteiger charge is -2.35. The summed E-state index contributed by atoms with van der Waals surface area (Å²) in [7, 11) is 0. The molecule has 0 saturated carbocycles. The SMILES string of the molecule is CCCCC(CC)CN1c2ccccc2N=c2cc3c(cc21)=Nc1ccccc1N3CC(CC)CCCC. The molecule has 2 atom stereocenters. The maximum absolute atomic E-state index is 5.19. The van der Waals surface area contributed by atoms with Crippen molar-refractivity contribution in [2.75, 3.05) is 22.9 Å². The highest BCUT2D eigenvalue weighted by atomic mass is 15.2. The summed E-state index contributed by atoms with van der Waals surface area (Å²) in [6.45, 7) is 11.3. The van der Waals surface area contributed by atoms with Crippen molar-refractivity contribution in [3.05, 3.63) is 71.4 Å². The molecule has 0 bridgehead atoms. The van der Waals surface area contributed by atoms with E-state index in [-0.39, 0.29) is 0 Å². The van der Waals surface area contributed by atoms with Crippen molar-refractivity contribution < 1.29 is 0 Å². The van der Waals surface area contributed by atoms with E-state index >= 15 is 0 Å². The van der Waals surface area contributed by atoms with Gasteiger partial charge >= 0.3 is 0 Å². The molecular weight excluding hydrogens is 464 g/mol. The first kappa shape index (κ1) is 26.5. The largest absolute Gasteiger partial charge is 0.338 e. The highest BCUT2D eigenvalue weighted by Crippen LogP contribution is 2.40. The Kier molecular flexibility index (Phi) is 8.46. The summed E-state index contributed by atoms with van der Waals surface area (Å²) in [6.07, 6.45) is 9.99. The Morgan fingerprint density at radius 1 is 0.579 bits per heavy atom. The first-order valence-electron chi connectivity index (χ1n) is 15.0. The summed E-state index contributed by atoms with van der Waals surface area (Å²) in [5, 5.41) is 2.13. The maximum atomic E-state index is 5.19. The Morgan fingerprint density at radius 3 is 1.39 bits per heavy atom. The molecule has 4 nitrogen and oxygen atoms in total. The van der Waals surface area contributed by atoms with Gasteiger partial charge in [0.15, 0.2) is 0 Å². The first-order chi connectivity index (χ1) is 18.7. The normalized spacial score (nSPS) is 14.9. The van der Waals surface area contributed by atoms with Crippen molar-refractivity contribution in [2.24, 2.45) is 21.8 Å². The Bertz CT molecular complexity index is 1260. The fourth-order valence-corrected chi connectivity index (χ4v) is 6.00. The summed E-state index contributed by atoms with van der Waals surface area (Å²) in [4.78, 5) is 15.4. The van der Waals surface area contributed by atoms with Crippen molar-refractivity contribution in [1.29, 1.82) is 0 Å². The summed E-state index contributed by atoms with van der Waals surface area (Å²) in [5.41, 5.74) is 6.96. The van der Waals surface area contributed by atoms with E-state index in [9.17, 15) is 0 Å². The smallest absolute Gasteiger partial charge is 0.0897 e. The lowest BCUT2D eigenvalue weighted by atomic mass is 9.96. The minimum absolute atomic E-state index is 0.656. The summed E-state index contributed by atoms with van der Waals surface area (Å²) < 4.78 is 0. The molecule has 2 aliphatic rings. The Hall–Kier alpha value is -3.14. The fraction of sp³-hybridized carbons (Fsp3) is 0.471. The molecule has 0 amide bonds. The van der Waals surface area contributed by atoms with Gasteiger partial charge in [-0.2, -0.15) is 0 Å². The van der Waals surface area contributed by atoms with Gasteiger partial charge in [0.25, 0.3) is 0 Å². The minimum Gasteiger partial charge on any atom is -0.338 e. The van der Waals surface area contributed by atoms with Gasteiger partial charge in [-0.25, -0.2) is 9.98 Å². The molecule has 38 heavy (non-hydrogen) atoms. The molecule has 0 saturated heterocycles. The molecule has 2 unspecified atom stereocenters. The molecule has 3 aromatic rings. The van der Waals surface area contributed by atoms with E-state index in [0.29, 0.717) is 11.8 Å². The molecule has 0 spiro atoms. The van der Waals surface area contributed by atoms with Crippen molar-refractivity contribution in [1.82, 2.24) is 0 Å². The van der Waals surface area contributed by atoms with E-state index in [4.69, 9.17) is 9.98 Å². The molecule has 0 fully saturated rings. The van der Waals surface area contributed by atoms with E-state index in [0.717, 1.165) is 35.2 Å². The van der Waals surface area contributed by atoms with Crippen LogP contribution in [0.1, 0.15) is 79.1 Å². The average Bonchev–Trinajstić information content (AvgIpc) is 2.95. The monoisotopic (exact) mass is 508 g/mol. The van der Waals surface area contributed by atoms with E-state index in [1.165, 1.54) is 74.1 Å². The van der Waals surface area contributed by atoms with Crippen LogP contribution in [0.3, 0.4) is 0 Å². The number of rotatable bonds is 12. The standard InChI is InChI=1S/C34H44N4/c1-5-9-15-25(7-3)23-37-31-19-13-11-17-27(31)35-29-22-34-30(21-33(29)37)36-28-18-12-14-20-32(28)38(34)24-26(8-4)16-10-6-2/h11-14,17-22,25-26H,5-10,15-16,23-24H2,1-4H3. The Labute approximate surface area is 229 Å². The van der Waals surface area contributed by atoms with Crippen LogP contribution in [0.4, 0.5) is 34.1 Å². The summed E-state index contributed by atoms with van der Waals surface area (Å²) >= 11 is 0. The van der Waals surface area contributed by atoms with Crippen molar-refractivity contribution >= 4 is 34.1 Å². The molecular formula is C34H44N4. The van der Waals surface area contributed by atoms with Gasteiger partial charge in [-0.15, -0.1) is 0 Å². The first-order valence-corrected chi connectivity index (χ1v) is 15.0. The van der Waals surface area contributed by atoms with Crippen molar-refractivity contribution in [2.45, 2.75) is 79.1 Å². The van der Waals surface area contributed by atoms with Crippen LogP contribution in [-0.2, 0) is 0 Å². The van der Waals surface area contributed by atoms with Crippen molar-refractivity contribution in [3.63, 3.8) is 0 Å². The highest BCUT2D eigenvalue weighted by molar-refractivity contribution is 5.81. The Balaban J connectivity index is 1.62. The van der Waals surface area contributed by atoms with Crippen LogP contribution >= 0.6 is 0 Å². The van der Waals surface area contributed by atoms with E-state index < -0.39 is 0 Å². The maximum Gasteiger partial charge on any atom is 0.0897 e. The third-order valence-electron chi connectivity index (χ3n) is 8.45. The van der Waals surface area contributed by atoms with Gasteiger partial charge in [0.05, 0.1) is 44.8 Å². The quantitative estimate of drug-likeness (QED) is 0.244. The third kappa shape index (κ3) is 5.36. The second-order valence-corrected chi connectivity index (χ2v) is 11.1. The average molecular weight is 509 g/mol. The number of hydrogen-bond acceptors (Lipinski definition) is 4. The molecule has 200 valence electrons. The van der Waals surface area contributed by atoms with Gasteiger partial charge in [-0.05, 0) is 61.1 Å². The lowest BCUT2D eigenvalue weighted by molar-refractivity contribution is 0.457. The van der Waals surface area contributed by atoms with Gasteiger partial charge in [0, 0.05) is 13.1 Å². The van der Waals surface area contributed by atoms with Crippen LogP contribution < -0.4 is 20.5 Å². The number of benzene rings is 3. The number of unbranched alkanes of at least 4 members (excludes halogenated alkanes) is 2. The number of para-hydroxylation sites is 4. The topological polar surface area (TPSA) is 31.2 Å². The predicted molar refractivity (Wildman–Crippen MR) is 162 cm³/mol. The fourth-order valence-electron chi connectivity index (χ4n) is 6.00. The molecule has 0 N–H and O–H groups in total. The van der Waals surface area contributed by atoms with Gasteiger partial charge in [0.1, 0.15) is 0 Å². The molecule has 0 aliphatic carbocycles. The predicted octanol–water partition coefficient (Wildman–Crippen LogP) is 8.93. The van der Waals surface area contributed by atoms with E-state index in [1.54, 1.807) is 0 Å².